The lowest BCUT2D eigenvalue weighted by Gasteiger charge is -2.17. The van der Waals surface area contributed by atoms with Crippen LogP contribution >= 0.6 is 0 Å². The fraction of sp³-hybridized carbons (Fsp3) is 0.429. The quantitative estimate of drug-likeness (QED) is 0.774. The van der Waals surface area contributed by atoms with Crippen molar-refractivity contribution >= 4 is 17.6 Å². The summed E-state index contributed by atoms with van der Waals surface area (Å²) < 4.78 is 10.1. The second-order valence-corrected chi connectivity index (χ2v) is 4.36. The minimum Gasteiger partial charge on any atom is -0.494 e. The molecule has 1 aromatic carbocycles. The molecule has 0 spiro atoms. The SMILES string of the molecule is CCOc1cccc(N2CC(C(=O)OC)CC2=O)c1. The van der Waals surface area contributed by atoms with E-state index >= 15 is 0 Å². The summed E-state index contributed by atoms with van der Waals surface area (Å²) in [6, 6.07) is 7.31. The van der Waals surface area contributed by atoms with E-state index in [2.05, 4.69) is 4.74 Å². The first-order chi connectivity index (χ1) is 9.15. The number of carbonyl (C=O) groups excluding carboxylic acids is 2. The third-order valence-corrected chi connectivity index (χ3v) is 3.10. The third kappa shape index (κ3) is 2.86. The van der Waals surface area contributed by atoms with Gasteiger partial charge in [-0.15, -0.1) is 0 Å². The average molecular weight is 263 g/mol. The van der Waals surface area contributed by atoms with Crippen LogP contribution in [0.4, 0.5) is 5.69 Å². The lowest BCUT2D eigenvalue weighted by molar-refractivity contribution is -0.145. The van der Waals surface area contributed by atoms with E-state index in [1.54, 1.807) is 11.0 Å². The summed E-state index contributed by atoms with van der Waals surface area (Å²) in [5.74, 6) is -0.0663. The van der Waals surface area contributed by atoms with E-state index in [0.29, 0.717) is 18.9 Å². The van der Waals surface area contributed by atoms with Crippen molar-refractivity contribution in [2.24, 2.45) is 5.92 Å². The van der Waals surface area contributed by atoms with E-state index in [4.69, 9.17) is 4.74 Å². The Kier molecular flexibility index (Phi) is 4.04. The van der Waals surface area contributed by atoms with Crippen molar-refractivity contribution in [2.75, 3.05) is 25.2 Å². The topological polar surface area (TPSA) is 55.8 Å². The summed E-state index contributed by atoms with van der Waals surface area (Å²) in [4.78, 5) is 25.0. The largest absolute Gasteiger partial charge is 0.494 e. The maximum absolute atomic E-state index is 12.0. The van der Waals surface area contributed by atoms with Crippen LogP contribution in [0.15, 0.2) is 24.3 Å². The molecule has 1 unspecified atom stereocenters. The van der Waals surface area contributed by atoms with Crippen molar-refractivity contribution in [3.63, 3.8) is 0 Å². The van der Waals surface area contributed by atoms with Crippen molar-refractivity contribution in [3.05, 3.63) is 24.3 Å². The zero-order valence-corrected chi connectivity index (χ0v) is 11.1. The molecule has 1 amide bonds. The van der Waals surface area contributed by atoms with Crippen LogP contribution in [0, 0.1) is 5.92 Å². The van der Waals surface area contributed by atoms with Gasteiger partial charge in [-0.05, 0) is 19.1 Å². The Balaban J connectivity index is 2.16. The zero-order chi connectivity index (χ0) is 13.8. The lowest BCUT2D eigenvalue weighted by atomic mass is 10.1. The highest BCUT2D eigenvalue weighted by atomic mass is 16.5. The molecule has 1 heterocycles. The zero-order valence-electron chi connectivity index (χ0n) is 11.1. The maximum Gasteiger partial charge on any atom is 0.311 e. The lowest BCUT2D eigenvalue weighted by Crippen LogP contribution is -2.26. The summed E-state index contributed by atoms with van der Waals surface area (Å²) >= 11 is 0. The van der Waals surface area contributed by atoms with E-state index < -0.39 is 0 Å². The van der Waals surface area contributed by atoms with Crippen LogP contribution in [0.5, 0.6) is 5.75 Å². The molecule has 1 aromatic rings. The molecule has 102 valence electrons. The Morgan fingerprint density at radius 3 is 2.95 bits per heavy atom. The van der Waals surface area contributed by atoms with Gasteiger partial charge in [0.05, 0.1) is 19.6 Å². The summed E-state index contributed by atoms with van der Waals surface area (Å²) in [5.41, 5.74) is 0.752. The molecule has 1 saturated heterocycles. The van der Waals surface area contributed by atoms with Gasteiger partial charge in [0.1, 0.15) is 5.75 Å². The number of hydrogen-bond acceptors (Lipinski definition) is 4. The predicted molar refractivity (Wildman–Crippen MR) is 70.1 cm³/mol. The van der Waals surface area contributed by atoms with Crippen molar-refractivity contribution in [2.45, 2.75) is 13.3 Å². The Morgan fingerprint density at radius 1 is 1.47 bits per heavy atom. The smallest absolute Gasteiger partial charge is 0.311 e. The molecule has 19 heavy (non-hydrogen) atoms. The van der Waals surface area contributed by atoms with Gasteiger partial charge in [0, 0.05) is 24.7 Å². The first-order valence-electron chi connectivity index (χ1n) is 6.26. The normalized spacial score (nSPS) is 18.5. The highest BCUT2D eigenvalue weighted by Gasteiger charge is 2.35. The Morgan fingerprint density at radius 2 is 2.26 bits per heavy atom. The number of nitrogens with zero attached hydrogens (tertiary/aromatic N) is 1. The third-order valence-electron chi connectivity index (χ3n) is 3.10. The second-order valence-electron chi connectivity index (χ2n) is 4.36. The van der Waals surface area contributed by atoms with Gasteiger partial charge in [0.15, 0.2) is 0 Å². The molecular formula is C14H17NO4. The monoisotopic (exact) mass is 263 g/mol. The number of ether oxygens (including phenoxy) is 2. The number of anilines is 1. The molecule has 0 radical (unpaired) electrons. The number of benzene rings is 1. The van der Waals surface area contributed by atoms with Gasteiger partial charge in [-0.2, -0.15) is 0 Å². The molecule has 2 rings (SSSR count). The van der Waals surface area contributed by atoms with Gasteiger partial charge < -0.3 is 14.4 Å². The van der Waals surface area contributed by atoms with Crippen molar-refractivity contribution < 1.29 is 19.1 Å². The van der Waals surface area contributed by atoms with E-state index in [9.17, 15) is 9.59 Å². The number of carbonyl (C=O) groups is 2. The molecule has 1 fully saturated rings. The second kappa shape index (κ2) is 5.73. The van der Waals surface area contributed by atoms with Crippen LogP contribution < -0.4 is 9.64 Å². The minimum atomic E-state index is -0.381. The van der Waals surface area contributed by atoms with Gasteiger partial charge in [0.2, 0.25) is 5.91 Å². The van der Waals surface area contributed by atoms with Crippen molar-refractivity contribution in [1.82, 2.24) is 0 Å². The number of methoxy groups -OCH3 is 1. The molecule has 5 nitrogen and oxygen atoms in total. The molecule has 0 aromatic heterocycles. The molecule has 0 saturated carbocycles. The van der Waals surface area contributed by atoms with E-state index in [1.807, 2.05) is 25.1 Å². The molecule has 1 aliphatic heterocycles. The summed E-state index contributed by atoms with van der Waals surface area (Å²) in [6.45, 7) is 2.84. The standard InChI is InChI=1S/C14H17NO4/c1-3-19-12-6-4-5-11(8-12)15-9-10(7-13(15)16)14(17)18-2/h4-6,8,10H,3,7,9H2,1-2H3. The van der Waals surface area contributed by atoms with Crippen LogP contribution in [0.3, 0.4) is 0 Å². The predicted octanol–water partition coefficient (Wildman–Crippen LogP) is 1.61. The molecule has 0 N–H and O–H groups in total. The van der Waals surface area contributed by atoms with Gasteiger partial charge in [-0.3, -0.25) is 9.59 Å². The molecule has 1 atom stereocenters. The van der Waals surface area contributed by atoms with Crippen molar-refractivity contribution in [3.8, 4) is 5.75 Å². The first kappa shape index (κ1) is 13.4. The number of rotatable bonds is 4. The molecule has 5 heteroatoms. The summed E-state index contributed by atoms with van der Waals surface area (Å²) in [5, 5.41) is 0. The van der Waals surface area contributed by atoms with Gasteiger partial charge >= 0.3 is 5.97 Å². The fourth-order valence-corrected chi connectivity index (χ4v) is 2.19. The Labute approximate surface area is 112 Å². The average Bonchev–Trinajstić information content (AvgIpc) is 2.81. The van der Waals surface area contributed by atoms with E-state index in [0.717, 1.165) is 5.69 Å². The van der Waals surface area contributed by atoms with Crippen LogP contribution in [-0.4, -0.2) is 32.1 Å². The summed E-state index contributed by atoms with van der Waals surface area (Å²) in [7, 11) is 1.34. The van der Waals surface area contributed by atoms with Gasteiger partial charge in [-0.1, -0.05) is 6.07 Å². The van der Waals surface area contributed by atoms with Crippen LogP contribution in [0.2, 0.25) is 0 Å². The number of hydrogen-bond donors (Lipinski definition) is 0. The number of esters is 1. The highest BCUT2D eigenvalue weighted by Crippen LogP contribution is 2.28. The maximum atomic E-state index is 12.0. The molecule has 0 bridgehead atoms. The number of amides is 1. The Hall–Kier alpha value is -2.04. The van der Waals surface area contributed by atoms with E-state index in [1.165, 1.54) is 7.11 Å². The Bertz CT molecular complexity index is 486. The first-order valence-corrected chi connectivity index (χ1v) is 6.26. The van der Waals surface area contributed by atoms with Crippen LogP contribution in [0.1, 0.15) is 13.3 Å². The van der Waals surface area contributed by atoms with Crippen LogP contribution in [0.25, 0.3) is 0 Å². The molecule has 0 aliphatic carbocycles. The van der Waals surface area contributed by atoms with E-state index in [-0.39, 0.29) is 24.2 Å². The van der Waals surface area contributed by atoms with Crippen LogP contribution in [-0.2, 0) is 14.3 Å². The highest BCUT2D eigenvalue weighted by molar-refractivity contribution is 5.99. The molecular weight excluding hydrogens is 246 g/mol. The van der Waals surface area contributed by atoms with Crippen molar-refractivity contribution in [1.29, 1.82) is 0 Å². The molecule has 1 aliphatic rings. The van der Waals surface area contributed by atoms with Gasteiger partial charge in [0.25, 0.3) is 0 Å². The summed E-state index contributed by atoms with van der Waals surface area (Å²) in [6.07, 6.45) is 0.200. The van der Waals surface area contributed by atoms with Gasteiger partial charge in [-0.25, -0.2) is 0 Å². The fourth-order valence-electron chi connectivity index (χ4n) is 2.19. The minimum absolute atomic E-state index is 0.0657.